The van der Waals surface area contributed by atoms with Gasteiger partial charge in [0.25, 0.3) is 0 Å². The molecule has 0 saturated heterocycles. The van der Waals surface area contributed by atoms with Gasteiger partial charge in [-0.25, -0.2) is 0 Å². The van der Waals surface area contributed by atoms with Crippen LogP contribution in [0.2, 0.25) is 0 Å². The summed E-state index contributed by atoms with van der Waals surface area (Å²) in [5.41, 5.74) is 1.64. The van der Waals surface area contributed by atoms with E-state index in [0.29, 0.717) is 17.2 Å². The number of pyridine rings is 1. The van der Waals surface area contributed by atoms with Crippen molar-refractivity contribution < 1.29 is 4.74 Å². The van der Waals surface area contributed by atoms with E-state index in [9.17, 15) is 0 Å². The van der Waals surface area contributed by atoms with Gasteiger partial charge in [-0.1, -0.05) is 0 Å². The van der Waals surface area contributed by atoms with Crippen LogP contribution in [0.15, 0.2) is 36.0 Å². The van der Waals surface area contributed by atoms with E-state index in [1.54, 1.807) is 18.5 Å². The summed E-state index contributed by atoms with van der Waals surface area (Å²) in [5.74, 6) is 0. The summed E-state index contributed by atoms with van der Waals surface area (Å²) < 4.78 is 5.52. The van der Waals surface area contributed by atoms with E-state index in [0.717, 1.165) is 5.56 Å². The molecule has 0 spiro atoms. The van der Waals surface area contributed by atoms with Gasteiger partial charge in [-0.15, -0.1) is 11.3 Å². The molecule has 2 rings (SSSR count). The highest BCUT2D eigenvalue weighted by Crippen LogP contribution is 2.25. The van der Waals surface area contributed by atoms with Gasteiger partial charge in [0, 0.05) is 12.4 Å². The Kier molecular flexibility index (Phi) is 2.96. The molecule has 0 unspecified atom stereocenters. The number of aromatic nitrogens is 1. The first kappa shape index (κ1) is 9.69. The highest BCUT2D eigenvalue weighted by atomic mass is 32.1. The zero-order valence-corrected chi connectivity index (χ0v) is 8.70. The molecule has 15 heavy (non-hydrogen) atoms. The Labute approximate surface area is 91.6 Å². The Hall–Kier alpha value is -1.86. The highest BCUT2D eigenvalue weighted by molar-refractivity contribution is 7.12. The van der Waals surface area contributed by atoms with Gasteiger partial charge in [0.2, 0.25) is 0 Å². The third-order valence-corrected chi connectivity index (χ3v) is 2.69. The fourth-order valence-corrected chi connectivity index (χ4v) is 1.81. The number of hydrogen-bond donors (Lipinski definition) is 0. The van der Waals surface area contributed by atoms with E-state index in [-0.39, 0.29) is 0 Å². The molecule has 74 valence electrons. The Morgan fingerprint density at radius 3 is 2.87 bits per heavy atom. The van der Waals surface area contributed by atoms with Crippen molar-refractivity contribution in [2.75, 3.05) is 0 Å². The third kappa shape index (κ3) is 2.33. The number of nitriles is 1. The smallest absolute Gasteiger partial charge is 0.192 e. The van der Waals surface area contributed by atoms with E-state index < -0.39 is 0 Å². The molecule has 0 bridgehead atoms. The standard InChI is InChI=1S/C11H8N2OS/c12-7-10-3-6-15-11(10)14-8-9-1-4-13-5-2-9/h1-6H,8H2. The van der Waals surface area contributed by atoms with Crippen molar-refractivity contribution >= 4 is 11.3 Å². The lowest BCUT2D eigenvalue weighted by atomic mass is 10.3. The number of nitrogens with zero attached hydrogens (tertiary/aromatic N) is 2. The van der Waals surface area contributed by atoms with Crippen LogP contribution in [0.25, 0.3) is 0 Å². The van der Waals surface area contributed by atoms with Gasteiger partial charge >= 0.3 is 0 Å². The Balaban J connectivity index is 2.03. The SMILES string of the molecule is N#Cc1ccsc1OCc1ccncc1. The first-order chi connectivity index (χ1) is 7.40. The lowest BCUT2D eigenvalue weighted by molar-refractivity contribution is 0.315. The number of ether oxygens (including phenoxy) is 1. The zero-order chi connectivity index (χ0) is 10.5. The van der Waals surface area contributed by atoms with Crippen LogP contribution in [0.3, 0.4) is 0 Å². The maximum absolute atomic E-state index is 8.77. The van der Waals surface area contributed by atoms with Gasteiger partial charge in [0.15, 0.2) is 5.06 Å². The van der Waals surface area contributed by atoms with Crippen molar-refractivity contribution in [1.82, 2.24) is 4.98 Å². The van der Waals surface area contributed by atoms with Crippen LogP contribution >= 0.6 is 11.3 Å². The molecule has 4 heteroatoms. The highest BCUT2D eigenvalue weighted by Gasteiger charge is 2.04. The Morgan fingerprint density at radius 1 is 1.33 bits per heavy atom. The summed E-state index contributed by atoms with van der Waals surface area (Å²) in [6.07, 6.45) is 3.44. The molecule has 2 heterocycles. The predicted octanol–water partition coefficient (Wildman–Crippen LogP) is 2.59. The van der Waals surface area contributed by atoms with Crippen LogP contribution in [0.5, 0.6) is 5.06 Å². The average molecular weight is 216 g/mol. The normalized spacial score (nSPS) is 9.53. The minimum absolute atomic E-state index is 0.470. The van der Waals surface area contributed by atoms with Crippen molar-refractivity contribution in [3.05, 3.63) is 47.1 Å². The van der Waals surface area contributed by atoms with Gasteiger partial charge in [0.1, 0.15) is 18.2 Å². The lowest BCUT2D eigenvalue weighted by Gasteiger charge is -2.03. The molecular weight excluding hydrogens is 208 g/mol. The van der Waals surface area contributed by atoms with E-state index in [1.807, 2.05) is 17.5 Å². The maximum atomic E-state index is 8.77. The molecule has 3 nitrogen and oxygen atoms in total. The van der Waals surface area contributed by atoms with Crippen molar-refractivity contribution in [1.29, 1.82) is 5.26 Å². The summed E-state index contributed by atoms with van der Waals surface area (Å²) in [5, 5.41) is 11.3. The van der Waals surface area contributed by atoms with Crippen molar-refractivity contribution in [3.63, 3.8) is 0 Å². The Bertz CT molecular complexity index is 473. The molecular formula is C11H8N2OS. The van der Waals surface area contributed by atoms with Crippen LogP contribution in [-0.2, 0) is 6.61 Å². The molecule has 2 aromatic rings. The quantitative estimate of drug-likeness (QED) is 0.792. The zero-order valence-electron chi connectivity index (χ0n) is 7.88. The van der Waals surface area contributed by atoms with Crippen LogP contribution in [0, 0.1) is 11.3 Å². The molecule has 0 aromatic carbocycles. The summed E-state index contributed by atoms with van der Waals surface area (Å²) in [6.45, 7) is 0.470. The third-order valence-electron chi connectivity index (χ3n) is 1.87. The summed E-state index contributed by atoms with van der Waals surface area (Å²) >= 11 is 1.43. The maximum Gasteiger partial charge on any atom is 0.192 e. The van der Waals surface area contributed by atoms with E-state index >= 15 is 0 Å². The topological polar surface area (TPSA) is 45.9 Å². The second kappa shape index (κ2) is 4.58. The molecule has 0 saturated carbocycles. The first-order valence-corrected chi connectivity index (χ1v) is 5.27. The molecule has 0 fully saturated rings. The molecule has 0 N–H and O–H groups in total. The second-order valence-corrected chi connectivity index (χ2v) is 3.76. The van der Waals surface area contributed by atoms with Gasteiger partial charge in [0.05, 0.1) is 0 Å². The second-order valence-electron chi connectivity index (χ2n) is 2.88. The van der Waals surface area contributed by atoms with Crippen LogP contribution in [0.4, 0.5) is 0 Å². The van der Waals surface area contributed by atoms with Crippen molar-refractivity contribution in [2.24, 2.45) is 0 Å². The minimum atomic E-state index is 0.470. The summed E-state index contributed by atoms with van der Waals surface area (Å²) in [7, 11) is 0. The fourth-order valence-electron chi connectivity index (χ4n) is 1.12. The molecule has 2 aromatic heterocycles. The summed E-state index contributed by atoms with van der Waals surface area (Å²) in [6, 6.07) is 7.62. The largest absolute Gasteiger partial charge is 0.478 e. The lowest BCUT2D eigenvalue weighted by Crippen LogP contribution is -1.94. The molecule has 0 aliphatic carbocycles. The van der Waals surface area contributed by atoms with Crippen molar-refractivity contribution in [3.8, 4) is 11.1 Å². The summed E-state index contributed by atoms with van der Waals surface area (Å²) in [4.78, 5) is 3.92. The minimum Gasteiger partial charge on any atom is -0.478 e. The van der Waals surface area contributed by atoms with E-state index in [1.165, 1.54) is 11.3 Å². The van der Waals surface area contributed by atoms with Crippen LogP contribution in [0.1, 0.15) is 11.1 Å². The molecule has 0 radical (unpaired) electrons. The monoisotopic (exact) mass is 216 g/mol. The van der Waals surface area contributed by atoms with Crippen LogP contribution < -0.4 is 4.74 Å². The Morgan fingerprint density at radius 2 is 2.13 bits per heavy atom. The van der Waals surface area contributed by atoms with Crippen molar-refractivity contribution in [2.45, 2.75) is 6.61 Å². The van der Waals surface area contributed by atoms with Gasteiger partial charge in [-0.3, -0.25) is 4.98 Å². The predicted molar refractivity (Wildman–Crippen MR) is 57.6 cm³/mol. The van der Waals surface area contributed by atoms with E-state index in [4.69, 9.17) is 10.00 Å². The van der Waals surface area contributed by atoms with Gasteiger partial charge in [-0.05, 0) is 29.1 Å². The first-order valence-electron chi connectivity index (χ1n) is 4.39. The molecule has 0 aliphatic rings. The molecule has 0 amide bonds. The molecule has 0 aliphatic heterocycles. The number of thiophene rings is 1. The number of hydrogen-bond acceptors (Lipinski definition) is 4. The van der Waals surface area contributed by atoms with Gasteiger partial charge < -0.3 is 4.74 Å². The molecule has 0 atom stereocenters. The van der Waals surface area contributed by atoms with Gasteiger partial charge in [-0.2, -0.15) is 5.26 Å². The van der Waals surface area contributed by atoms with Crippen LogP contribution in [-0.4, -0.2) is 4.98 Å². The van der Waals surface area contributed by atoms with E-state index in [2.05, 4.69) is 11.1 Å². The fraction of sp³-hybridized carbons (Fsp3) is 0.0909. The average Bonchev–Trinajstić information content (AvgIpc) is 2.75. The number of rotatable bonds is 3.